The lowest BCUT2D eigenvalue weighted by atomic mass is 10.1. The molecule has 6 nitrogen and oxygen atoms in total. The lowest BCUT2D eigenvalue weighted by Crippen LogP contribution is -2.38. The highest BCUT2D eigenvalue weighted by atomic mass is 16.5. The normalized spacial score (nSPS) is 11.7. The van der Waals surface area contributed by atoms with Gasteiger partial charge in [-0.2, -0.15) is 0 Å². The van der Waals surface area contributed by atoms with E-state index >= 15 is 0 Å². The molecular formula is C17H25NO5. The van der Waals surface area contributed by atoms with Crippen LogP contribution in [0.2, 0.25) is 0 Å². The van der Waals surface area contributed by atoms with E-state index in [9.17, 15) is 9.59 Å². The van der Waals surface area contributed by atoms with Crippen molar-refractivity contribution in [3.8, 4) is 11.5 Å². The van der Waals surface area contributed by atoms with Crippen molar-refractivity contribution in [3.05, 3.63) is 23.8 Å². The van der Waals surface area contributed by atoms with Crippen LogP contribution in [-0.2, 0) is 9.53 Å². The summed E-state index contributed by atoms with van der Waals surface area (Å²) in [5.74, 6) is 0.401. The Morgan fingerprint density at radius 1 is 1.17 bits per heavy atom. The van der Waals surface area contributed by atoms with Crippen LogP contribution in [0.5, 0.6) is 11.5 Å². The first-order valence-corrected chi connectivity index (χ1v) is 7.66. The lowest BCUT2D eigenvalue weighted by Gasteiger charge is -2.17. The zero-order valence-corrected chi connectivity index (χ0v) is 14.3. The van der Waals surface area contributed by atoms with Crippen molar-refractivity contribution >= 4 is 11.9 Å². The Labute approximate surface area is 137 Å². The number of nitrogens with one attached hydrogen (secondary N) is 1. The van der Waals surface area contributed by atoms with Crippen LogP contribution in [0.15, 0.2) is 18.2 Å². The number of amides is 1. The van der Waals surface area contributed by atoms with Crippen LogP contribution in [0.3, 0.4) is 0 Å². The maximum Gasteiger partial charge on any atom is 0.338 e. The van der Waals surface area contributed by atoms with Gasteiger partial charge in [-0.1, -0.05) is 13.8 Å². The maximum absolute atomic E-state index is 12.0. The maximum atomic E-state index is 12.0. The summed E-state index contributed by atoms with van der Waals surface area (Å²) in [5.41, 5.74) is 0.305. The molecule has 0 radical (unpaired) electrons. The first-order valence-electron chi connectivity index (χ1n) is 7.66. The Bertz CT molecular complexity index is 542. The number of hydrogen-bond donors (Lipinski definition) is 1. The molecule has 0 saturated carbocycles. The van der Waals surface area contributed by atoms with Crippen molar-refractivity contribution < 1.29 is 23.8 Å². The molecule has 1 N–H and O–H groups in total. The van der Waals surface area contributed by atoms with Crippen LogP contribution in [0.1, 0.15) is 38.1 Å². The second kappa shape index (κ2) is 9.02. The Kier molecular flexibility index (Phi) is 7.38. The smallest absolute Gasteiger partial charge is 0.338 e. The minimum Gasteiger partial charge on any atom is -0.493 e. The second-order valence-corrected chi connectivity index (χ2v) is 5.47. The summed E-state index contributed by atoms with van der Waals surface area (Å²) in [6, 6.07) is 4.76. The van der Waals surface area contributed by atoms with E-state index in [4.69, 9.17) is 14.2 Å². The minimum atomic E-state index is -0.582. The third-order valence-corrected chi connectivity index (χ3v) is 3.42. The summed E-state index contributed by atoms with van der Waals surface area (Å²) >= 11 is 0. The highest BCUT2D eigenvalue weighted by Crippen LogP contribution is 2.28. The summed E-state index contributed by atoms with van der Waals surface area (Å²) in [6.07, 6.45) is 0. The van der Waals surface area contributed by atoms with Crippen LogP contribution in [0, 0.1) is 5.92 Å². The van der Waals surface area contributed by atoms with E-state index in [1.54, 1.807) is 18.2 Å². The van der Waals surface area contributed by atoms with Gasteiger partial charge in [0.05, 0.1) is 19.3 Å². The van der Waals surface area contributed by atoms with Gasteiger partial charge in [0.15, 0.2) is 18.1 Å². The van der Waals surface area contributed by atoms with E-state index < -0.39 is 5.97 Å². The molecule has 0 heterocycles. The van der Waals surface area contributed by atoms with E-state index in [0.717, 1.165) is 0 Å². The van der Waals surface area contributed by atoms with Crippen molar-refractivity contribution in [2.24, 2.45) is 5.92 Å². The Morgan fingerprint density at radius 3 is 2.43 bits per heavy atom. The first kappa shape index (κ1) is 18.8. The van der Waals surface area contributed by atoms with Gasteiger partial charge < -0.3 is 19.5 Å². The number of carbonyl (C=O) groups excluding carboxylic acids is 2. The van der Waals surface area contributed by atoms with Gasteiger partial charge in [0.2, 0.25) is 0 Å². The van der Waals surface area contributed by atoms with E-state index in [0.29, 0.717) is 29.6 Å². The van der Waals surface area contributed by atoms with E-state index in [1.165, 1.54) is 7.11 Å². The van der Waals surface area contributed by atoms with Crippen molar-refractivity contribution in [2.75, 3.05) is 20.3 Å². The fraction of sp³-hybridized carbons (Fsp3) is 0.529. The van der Waals surface area contributed by atoms with Crippen LogP contribution in [0.4, 0.5) is 0 Å². The van der Waals surface area contributed by atoms with Gasteiger partial charge in [-0.15, -0.1) is 0 Å². The molecule has 0 spiro atoms. The highest BCUT2D eigenvalue weighted by molar-refractivity contribution is 5.92. The molecule has 1 rings (SSSR count). The first-order chi connectivity index (χ1) is 10.9. The molecule has 6 heteroatoms. The van der Waals surface area contributed by atoms with E-state index in [1.807, 2.05) is 27.7 Å². The fourth-order valence-corrected chi connectivity index (χ4v) is 1.75. The van der Waals surface area contributed by atoms with Gasteiger partial charge >= 0.3 is 5.97 Å². The summed E-state index contributed by atoms with van der Waals surface area (Å²) < 4.78 is 15.6. The average Bonchev–Trinajstić information content (AvgIpc) is 2.52. The molecule has 1 aromatic carbocycles. The van der Waals surface area contributed by atoms with Crippen molar-refractivity contribution in [2.45, 2.75) is 33.7 Å². The van der Waals surface area contributed by atoms with Gasteiger partial charge in [-0.05, 0) is 38.0 Å². The standard InChI is InChI=1S/C17H25NO5/c1-6-22-15-9-13(7-8-14(15)21-5)17(20)23-10-16(19)18-12(4)11(2)3/h7-9,11-12H,6,10H2,1-5H3,(H,18,19)/t12-/m0/s1. The number of methoxy groups -OCH3 is 1. The molecule has 1 atom stereocenters. The molecular weight excluding hydrogens is 298 g/mol. The predicted octanol–water partition coefficient (Wildman–Crippen LogP) is 2.41. The molecule has 1 amide bonds. The molecule has 0 aliphatic heterocycles. The van der Waals surface area contributed by atoms with Gasteiger partial charge in [-0.3, -0.25) is 4.79 Å². The average molecular weight is 323 g/mol. The molecule has 0 fully saturated rings. The van der Waals surface area contributed by atoms with Gasteiger partial charge in [0.1, 0.15) is 0 Å². The SMILES string of the molecule is CCOc1cc(C(=O)OCC(=O)N[C@@H](C)C(C)C)ccc1OC. The number of ether oxygens (including phenoxy) is 3. The van der Waals surface area contributed by atoms with E-state index in [-0.39, 0.29) is 18.6 Å². The Balaban J connectivity index is 2.64. The molecule has 0 bridgehead atoms. The summed E-state index contributed by atoms with van der Waals surface area (Å²) in [7, 11) is 1.52. The molecule has 1 aromatic rings. The number of hydrogen-bond acceptors (Lipinski definition) is 5. The monoisotopic (exact) mass is 323 g/mol. The quantitative estimate of drug-likeness (QED) is 0.744. The van der Waals surface area contributed by atoms with E-state index in [2.05, 4.69) is 5.32 Å². The van der Waals surface area contributed by atoms with Crippen molar-refractivity contribution in [1.82, 2.24) is 5.32 Å². The molecule has 0 aromatic heterocycles. The summed E-state index contributed by atoms with van der Waals surface area (Å²) in [5, 5.41) is 2.78. The number of rotatable bonds is 8. The van der Waals surface area contributed by atoms with Crippen LogP contribution >= 0.6 is 0 Å². The van der Waals surface area contributed by atoms with Gasteiger partial charge in [0.25, 0.3) is 5.91 Å². The van der Waals surface area contributed by atoms with Crippen LogP contribution in [-0.4, -0.2) is 38.2 Å². The number of benzene rings is 1. The van der Waals surface area contributed by atoms with Gasteiger partial charge in [0, 0.05) is 6.04 Å². The minimum absolute atomic E-state index is 0.0201. The molecule has 128 valence electrons. The molecule has 0 aliphatic carbocycles. The van der Waals surface area contributed by atoms with Gasteiger partial charge in [-0.25, -0.2) is 4.79 Å². The molecule has 0 aliphatic rings. The Hall–Kier alpha value is -2.24. The third-order valence-electron chi connectivity index (χ3n) is 3.42. The van der Waals surface area contributed by atoms with Crippen LogP contribution < -0.4 is 14.8 Å². The molecule has 0 unspecified atom stereocenters. The zero-order chi connectivity index (χ0) is 17.4. The second-order valence-electron chi connectivity index (χ2n) is 5.47. The third kappa shape index (κ3) is 5.81. The zero-order valence-electron chi connectivity index (χ0n) is 14.3. The van der Waals surface area contributed by atoms with Crippen LogP contribution in [0.25, 0.3) is 0 Å². The van der Waals surface area contributed by atoms with Crippen molar-refractivity contribution in [1.29, 1.82) is 0 Å². The largest absolute Gasteiger partial charge is 0.493 e. The number of esters is 1. The summed E-state index contributed by atoms with van der Waals surface area (Å²) in [6.45, 7) is 7.89. The Morgan fingerprint density at radius 2 is 1.87 bits per heavy atom. The predicted molar refractivity (Wildman–Crippen MR) is 86.9 cm³/mol. The topological polar surface area (TPSA) is 73.9 Å². The van der Waals surface area contributed by atoms with Crippen molar-refractivity contribution in [3.63, 3.8) is 0 Å². The summed E-state index contributed by atoms with van der Waals surface area (Å²) in [4.78, 5) is 23.8. The molecule has 0 saturated heterocycles. The molecule has 23 heavy (non-hydrogen) atoms. The highest BCUT2D eigenvalue weighted by Gasteiger charge is 2.15. The number of carbonyl (C=O) groups is 2. The lowest BCUT2D eigenvalue weighted by molar-refractivity contribution is -0.125. The fourth-order valence-electron chi connectivity index (χ4n) is 1.75.